The fourth-order valence-corrected chi connectivity index (χ4v) is 2.66. The maximum atomic E-state index is 10.9. The molecule has 19 heavy (non-hydrogen) atoms. The lowest BCUT2D eigenvalue weighted by atomic mass is 10.1. The Morgan fingerprint density at radius 2 is 2.32 bits per heavy atom. The minimum atomic E-state index is -0.513. The number of rotatable bonds is 4. The number of nitro benzene ring substituents is 1. The normalized spacial score (nSPS) is 21.9. The highest BCUT2D eigenvalue weighted by Crippen LogP contribution is 2.31. The Morgan fingerprint density at radius 1 is 1.53 bits per heavy atom. The van der Waals surface area contributed by atoms with Gasteiger partial charge >= 0.3 is 0 Å². The highest BCUT2D eigenvalue weighted by Gasteiger charge is 2.21. The van der Waals surface area contributed by atoms with Crippen molar-refractivity contribution < 1.29 is 4.92 Å². The summed E-state index contributed by atoms with van der Waals surface area (Å²) in [5, 5.41) is 22.9. The Morgan fingerprint density at radius 3 is 2.89 bits per heavy atom. The third kappa shape index (κ3) is 3.22. The van der Waals surface area contributed by atoms with Crippen molar-refractivity contribution in [3.63, 3.8) is 0 Å². The average Bonchev–Trinajstić information content (AvgIpc) is 2.81. The summed E-state index contributed by atoms with van der Waals surface area (Å²) in [5.41, 5.74) is 0.683. The van der Waals surface area contributed by atoms with Gasteiger partial charge in [0.05, 0.1) is 4.92 Å². The second-order valence-corrected chi connectivity index (χ2v) is 5.27. The molecular formula is C14H17N3O2. The van der Waals surface area contributed by atoms with Crippen LogP contribution in [0.1, 0.15) is 31.7 Å². The van der Waals surface area contributed by atoms with E-state index in [0.29, 0.717) is 11.6 Å². The van der Waals surface area contributed by atoms with Gasteiger partial charge in [-0.05, 0) is 36.8 Å². The van der Waals surface area contributed by atoms with E-state index in [2.05, 4.69) is 12.2 Å². The molecule has 0 bridgehead atoms. The molecule has 0 heterocycles. The highest BCUT2D eigenvalue weighted by atomic mass is 16.6. The first kappa shape index (κ1) is 13.3. The zero-order chi connectivity index (χ0) is 13.8. The van der Waals surface area contributed by atoms with E-state index in [1.807, 2.05) is 6.07 Å². The van der Waals surface area contributed by atoms with Gasteiger partial charge in [0.2, 0.25) is 0 Å². The van der Waals surface area contributed by atoms with Crippen molar-refractivity contribution in [3.8, 4) is 6.07 Å². The summed E-state index contributed by atoms with van der Waals surface area (Å²) >= 11 is 0. The second-order valence-electron chi connectivity index (χ2n) is 5.27. The minimum absolute atomic E-state index is 0.102. The number of hydrogen-bond acceptors (Lipinski definition) is 4. The first-order valence-electron chi connectivity index (χ1n) is 6.52. The van der Waals surface area contributed by atoms with Crippen molar-refractivity contribution in [3.05, 3.63) is 33.9 Å². The highest BCUT2D eigenvalue weighted by molar-refractivity contribution is 5.59. The van der Waals surface area contributed by atoms with Crippen LogP contribution in [0.25, 0.3) is 0 Å². The van der Waals surface area contributed by atoms with Gasteiger partial charge in [-0.2, -0.15) is 5.26 Å². The topological polar surface area (TPSA) is 79.0 Å². The summed E-state index contributed by atoms with van der Waals surface area (Å²) in [6.45, 7) is 3.10. The lowest BCUT2D eigenvalue weighted by Gasteiger charge is -2.12. The van der Waals surface area contributed by atoms with Gasteiger partial charge < -0.3 is 5.32 Å². The molecule has 1 N–H and O–H groups in total. The molecule has 1 saturated carbocycles. The van der Waals surface area contributed by atoms with Gasteiger partial charge in [-0.3, -0.25) is 10.1 Å². The molecule has 0 saturated heterocycles. The maximum absolute atomic E-state index is 10.9. The number of nitrogens with one attached hydrogen (secondary N) is 1. The first-order chi connectivity index (χ1) is 9.10. The van der Waals surface area contributed by atoms with E-state index < -0.39 is 4.92 Å². The fraction of sp³-hybridized carbons (Fsp3) is 0.500. The van der Waals surface area contributed by atoms with E-state index in [9.17, 15) is 10.1 Å². The van der Waals surface area contributed by atoms with Crippen LogP contribution in [0.3, 0.4) is 0 Å². The van der Waals surface area contributed by atoms with Crippen molar-refractivity contribution >= 4 is 11.4 Å². The summed E-state index contributed by atoms with van der Waals surface area (Å²) in [6.07, 6.45) is 3.69. The number of nitrogens with zero attached hydrogens (tertiary/aromatic N) is 2. The summed E-state index contributed by atoms with van der Waals surface area (Å²) < 4.78 is 0. The number of hydrogen-bond donors (Lipinski definition) is 1. The summed E-state index contributed by atoms with van der Waals surface area (Å²) in [7, 11) is 0. The van der Waals surface area contributed by atoms with Gasteiger partial charge in [-0.1, -0.05) is 13.3 Å². The van der Waals surface area contributed by atoms with Crippen molar-refractivity contribution in [1.29, 1.82) is 5.26 Å². The molecule has 1 fully saturated rings. The Labute approximate surface area is 112 Å². The average molecular weight is 259 g/mol. The predicted octanol–water partition coefficient (Wildman–Crippen LogP) is 3.31. The molecule has 0 radical (unpaired) electrons. The van der Waals surface area contributed by atoms with Crippen LogP contribution in [0, 0.1) is 33.3 Å². The lowest BCUT2D eigenvalue weighted by Crippen LogP contribution is -2.11. The summed E-state index contributed by atoms with van der Waals surface area (Å²) in [4.78, 5) is 10.4. The summed E-state index contributed by atoms with van der Waals surface area (Å²) in [5.74, 6) is 1.42. The zero-order valence-electron chi connectivity index (χ0n) is 10.9. The Bertz CT molecular complexity index is 522. The van der Waals surface area contributed by atoms with Gasteiger partial charge in [0.15, 0.2) is 0 Å². The van der Waals surface area contributed by atoms with Crippen LogP contribution in [0.4, 0.5) is 11.4 Å². The molecule has 1 aliphatic carbocycles. The molecule has 1 aromatic carbocycles. The van der Waals surface area contributed by atoms with Crippen molar-refractivity contribution in [2.75, 3.05) is 11.9 Å². The van der Waals surface area contributed by atoms with Gasteiger partial charge in [-0.15, -0.1) is 0 Å². The number of benzene rings is 1. The molecule has 1 aromatic rings. The van der Waals surface area contributed by atoms with Crippen LogP contribution in [0.2, 0.25) is 0 Å². The molecule has 2 rings (SSSR count). The van der Waals surface area contributed by atoms with Gasteiger partial charge in [-0.25, -0.2) is 0 Å². The van der Waals surface area contributed by atoms with E-state index in [1.165, 1.54) is 31.4 Å². The van der Waals surface area contributed by atoms with Gasteiger partial charge in [0.1, 0.15) is 11.6 Å². The largest absolute Gasteiger partial charge is 0.385 e. The van der Waals surface area contributed by atoms with Gasteiger partial charge in [0, 0.05) is 18.3 Å². The van der Waals surface area contributed by atoms with Crippen molar-refractivity contribution in [1.82, 2.24) is 0 Å². The van der Waals surface area contributed by atoms with Crippen LogP contribution in [0.15, 0.2) is 18.2 Å². The molecule has 0 aromatic heterocycles. The molecule has 0 amide bonds. The molecular weight excluding hydrogens is 242 g/mol. The molecule has 2 unspecified atom stereocenters. The lowest BCUT2D eigenvalue weighted by molar-refractivity contribution is -0.385. The van der Waals surface area contributed by atoms with Crippen molar-refractivity contribution in [2.45, 2.75) is 26.2 Å². The number of anilines is 1. The van der Waals surface area contributed by atoms with E-state index in [1.54, 1.807) is 6.07 Å². The van der Waals surface area contributed by atoms with E-state index in [4.69, 9.17) is 5.26 Å². The number of nitro groups is 1. The third-order valence-electron chi connectivity index (χ3n) is 3.71. The molecule has 5 heteroatoms. The first-order valence-corrected chi connectivity index (χ1v) is 6.52. The van der Waals surface area contributed by atoms with Gasteiger partial charge in [0.25, 0.3) is 5.69 Å². The van der Waals surface area contributed by atoms with Crippen molar-refractivity contribution in [2.24, 2.45) is 11.8 Å². The Hall–Kier alpha value is -2.09. The maximum Gasteiger partial charge on any atom is 0.289 e. The van der Waals surface area contributed by atoms with E-state index >= 15 is 0 Å². The molecule has 0 aliphatic heterocycles. The van der Waals surface area contributed by atoms with Crippen LogP contribution in [-0.2, 0) is 0 Å². The standard InChI is InChI=1S/C14H17N3O2/c1-10-2-3-11(6-10)9-16-13-5-4-12(8-15)14(7-13)17(18)19/h4-5,7,10-11,16H,2-3,6,9H2,1H3. The summed E-state index contributed by atoms with van der Waals surface area (Å²) in [6, 6.07) is 6.50. The molecule has 5 nitrogen and oxygen atoms in total. The molecule has 1 aliphatic rings. The van der Waals surface area contributed by atoms with E-state index in [0.717, 1.165) is 12.5 Å². The van der Waals surface area contributed by atoms with Crippen LogP contribution in [-0.4, -0.2) is 11.5 Å². The fourth-order valence-electron chi connectivity index (χ4n) is 2.66. The minimum Gasteiger partial charge on any atom is -0.385 e. The SMILES string of the molecule is CC1CCC(CNc2ccc(C#N)c([N+](=O)[O-])c2)C1. The van der Waals surface area contributed by atoms with Crippen LogP contribution < -0.4 is 5.32 Å². The van der Waals surface area contributed by atoms with Crippen LogP contribution in [0.5, 0.6) is 0 Å². The van der Waals surface area contributed by atoms with Crippen LogP contribution >= 0.6 is 0 Å². The molecule has 0 spiro atoms. The second kappa shape index (κ2) is 5.70. The smallest absolute Gasteiger partial charge is 0.289 e. The Kier molecular flexibility index (Phi) is 4.00. The van der Waals surface area contributed by atoms with E-state index in [-0.39, 0.29) is 11.3 Å². The monoisotopic (exact) mass is 259 g/mol. The molecule has 2 atom stereocenters. The molecule has 100 valence electrons. The zero-order valence-corrected chi connectivity index (χ0v) is 10.9. The quantitative estimate of drug-likeness (QED) is 0.664. The predicted molar refractivity (Wildman–Crippen MR) is 72.8 cm³/mol. The third-order valence-corrected chi connectivity index (χ3v) is 3.71. The number of nitriles is 1. The Balaban J connectivity index is 2.03.